The number of alkyl halides is 1. The number of hydrogen-bond acceptors (Lipinski definition) is 2. The Hall–Kier alpha value is -0.260. The molecule has 0 radical (unpaired) electrons. The molecule has 74 valence electrons. The first kappa shape index (κ1) is 10.8. The maximum atomic E-state index is 9.10. The summed E-state index contributed by atoms with van der Waals surface area (Å²) in [5, 5.41) is 12.4. The van der Waals surface area contributed by atoms with Crippen molar-refractivity contribution in [3.63, 3.8) is 0 Å². The van der Waals surface area contributed by atoms with Crippen molar-refractivity contribution in [1.82, 2.24) is 5.32 Å². The summed E-state index contributed by atoms with van der Waals surface area (Å²) in [5.74, 6) is 0.710. The molecule has 0 aromatic rings. The van der Waals surface area contributed by atoms with Crippen LogP contribution in [-0.2, 0) is 0 Å². The molecule has 1 heterocycles. The minimum atomic E-state index is -0.232. The number of piperidine rings is 1. The van der Waals surface area contributed by atoms with Crippen LogP contribution in [-0.4, -0.2) is 18.0 Å². The molecule has 0 aromatic carbocycles. The van der Waals surface area contributed by atoms with Crippen LogP contribution in [0.3, 0.4) is 0 Å². The Labute approximate surface area is 85.3 Å². The molecule has 1 N–H and O–H groups in total. The van der Waals surface area contributed by atoms with E-state index in [2.05, 4.69) is 11.4 Å². The van der Waals surface area contributed by atoms with E-state index in [9.17, 15) is 0 Å². The van der Waals surface area contributed by atoms with Crippen molar-refractivity contribution in [3.8, 4) is 6.07 Å². The molecule has 0 saturated carbocycles. The van der Waals surface area contributed by atoms with E-state index >= 15 is 0 Å². The maximum Gasteiger partial charge on any atom is 0.106 e. The monoisotopic (exact) mass is 200 g/mol. The quantitative estimate of drug-likeness (QED) is 0.559. The highest BCUT2D eigenvalue weighted by Gasteiger charge is 2.30. The van der Waals surface area contributed by atoms with Gasteiger partial charge < -0.3 is 0 Å². The summed E-state index contributed by atoms with van der Waals surface area (Å²) in [5.41, 5.74) is -0.232. The third kappa shape index (κ3) is 3.17. The Morgan fingerprint density at radius 3 is 2.77 bits per heavy atom. The first-order chi connectivity index (χ1) is 6.33. The van der Waals surface area contributed by atoms with Gasteiger partial charge in [-0.25, -0.2) is 0 Å². The second-order valence-electron chi connectivity index (χ2n) is 3.72. The molecular weight excluding hydrogens is 184 g/mol. The Morgan fingerprint density at radius 2 is 2.23 bits per heavy atom. The van der Waals surface area contributed by atoms with E-state index in [1.54, 1.807) is 0 Å². The van der Waals surface area contributed by atoms with E-state index in [-0.39, 0.29) is 5.54 Å². The number of nitrogens with one attached hydrogen (secondary N) is 1. The number of rotatable bonds is 4. The fourth-order valence-electron chi connectivity index (χ4n) is 1.85. The molecule has 1 aliphatic rings. The lowest BCUT2D eigenvalue weighted by Crippen LogP contribution is -2.47. The van der Waals surface area contributed by atoms with Crippen molar-refractivity contribution in [2.75, 3.05) is 12.4 Å². The number of nitrogens with zero attached hydrogens (tertiary/aromatic N) is 1. The van der Waals surface area contributed by atoms with Crippen molar-refractivity contribution in [1.29, 1.82) is 5.26 Å². The van der Waals surface area contributed by atoms with Crippen LogP contribution in [0.15, 0.2) is 0 Å². The lowest BCUT2D eigenvalue weighted by Gasteiger charge is -2.32. The van der Waals surface area contributed by atoms with Crippen LogP contribution in [0, 0.1) is 11.3 Å². The van der Waals surface area contributed by atoms with Crippen molar-refractivity contribution < 1.29 is 0 Å². The van der Waals surface area contributed by atoms with Crippen molar-refractivity contribution >= 4 is 11.6 Å². The third-order valence-electron chi connectivity index (χ3n) is 2.69. The zero-order chi connectivity index (χ0) is 9.57. The van der Waals surface area contributed by atoms with Gasteiger partial charge in [-0.2, -0.15) is 5.26 Å². The molecule has 13 heavy (non-hydrogen) atoms. The number of halogens is 1. The van der Waals surface area contributed by atoms with Crippen molar-refractivity contribution in [2.24, 2.45) is 0 Å². The second-order valence-corrected chi connectivity index (χ2v) is 4.10. The highest BCUT2D eigenvalue weighted by Crippen LogP contribution is 2.24. The van der Waals surface area contributed by atoms with Gasteiger partial charge in [-0.3, -0.25) is 5.32 Å². The number of unbranched alkanes of at least 4 members (excludes halogenated alkanes) is 1. The summed E-state index contributed by atoms with van der Waals surface area (Å²) in [4.78, 5) is 0. The molecule has 1 unspecified atom stereocenters. The summed E-state index contributed by atoms with van der Waals surface area (Å²) in [6, 6.07) is 2.42. The van der Waals surface area contributed by atoms with E-state index in [1.165, 1.54) is 12.8 Å². The number of nitriles is 1. The summed E-state index contributed by atoms with van der Waals surface area (Å²) < 4.78 is 0. The maximum absolute atomic E-state index is 9.10. The zero-order valence-corrected chi connectivity index (χ0v) is 8.74. The highest BCUT2D eigenvalue weighted by atomic mass is 35.5. The Kier molecular flexibility index (Phi) is 4.55. The molecule has 0 bridgehead atoms. The zero-order valence-electron chi connectivity index (χ0n) is 7.98. The van der Waals surface area contributed by atoms with E-state index in [4.69, 9.17) is 16.9 Å². The van der Waals surface area contributed by atoms with E-state index in [0.29, 0.717) is 5.88 Å². The van der Waals surface area contributed by atoms with Gasteiger partial charge in [0.05, 0.1) is 6.07 Å². The summed E-state index contributed by atoms with van der Waals surface area (Å²) in [6.45, 7) is 0.994. The van der Waals surface area contributed by atoms with Crippen LogP contribution in [0.2, 0.25) is 0 Å². The molecule has 1 fully saturated rings. The van der Waals surface area contributed by atoms with Crippen LogP contribution in [0.25, 0.3) is 0 Å². The fourth-order valence-corrected chi connectivity index (χ4v) is 2.04. The Balaban J connectivity index is 2.35. The van der Waals surface area contributed by atoms with Gasteiger partial charge >= 0.3 is 0 Å². The molecule has 1 rings (SSSR count). The van der Waals surface area contributed by atoms with Gasteiger partial charge in [-0.05, 0) is 45.1 Å². The number of hydrogen-bond donors (Lipinski definition) is 1. The first-order valence-corrected chi connectivity index (χ1v) is 5.59. The van der Waals surface area contributed by atoms with Gasteiger partial charge in [0.2, 0.25) is 0 Å². The molecule has 0 aliphatic carbocycles. The molecule has 0 spiro atoms. The standard InChI is InChI=1S/C10H17ClN2/c11-7-3-1-5-10(9-12)6-2-4-8-13-10/h13H,1-8H2. The molecule has 1 atom stereocenters. The van der Waals surface area contributed by atoms with E-state index in [0.717, 1.165) is 32.2 Å². The van der Waals surface area contributed by atoms with Crippen LogP contribution in [0.5, 0.6) is 0 Å². The van der Waals surface area contributed by atoms with Crippen molar-refractivity contribution in [2.45, 2.75) is 44.1 Å². The molecular formula is C10H17ClN2. The summed E-state index contributed by atoms with van der Waals surface area (Å²) in [6.07, 6.45) is 6.43. The van der Waals surface area contributed by atoms with Crippen LogP contribution in [0.4, 0.5) is 0 Å². The average Bonchev–Trinajstić information content (AvgIpc) is 2.20. The van der Waals surface area contributed by atoms with Crippen LogP contribution >= 0.6 is 11.6 Å². The van der Waals surface area contributed by atoms with Gasteiger partial charge in [0.1, 0.15) is 5.54 Å². The predicted octanol–water partition coefficient (Wildman–Crippen LogP) is 2.43. The summed E-state index contributed by atoms with van der Waals surface area (Å²) >= 11 is 5.60. The summed E-state index contributed by atoms with van der Waals surface area (Å²) in [7, 11) is 0. The lowest BCUT2D eigenvalue weighted by molar-refractivity contribution is 0.299. The van der Waals surface area contributed by atoms with Gasteiger partial charge in [-0.1, -0.05) is 0 Å². The van der Waals surface area contributed by atoms with Crippen LogP contribution in [0.1, 0.15) is 38.5 Å². The Morgan fingerprint density at radius 1 is 1.38 bits per heavy atom. The smallest absolute Gasteiger partial charge is 0.106 e. The minimum Gasteiger partial charge on any atom is -0.299 e. The van der Waals surface area contributed by atoms with Crippen LogP contribution < -0.4 is 5.32 Å². The second kappa shape index (κ2) is 5.47. The molecule has 1 saturated heterocycles. The molecule has 3 heteroatoms. The first-order valence-electron chi connectivity index (χ1n) is 5.05. The van der Waals surface area contributed by atoms with E-state index in [1.807, 2.05) is 0 Å². The molecule has 0 aromatic heterocycles. The minimum absolute atomic E-state index is 0.232. The van der Waals surface area contributed by atoms with Gasteiger partial charge in [0, 0.05) is 5.88 Å². The molecule has 0 amide bonds. The third-order valence-corrected chi connectivity index (χ3v) is 2.96. The predicted molar refractivity (Wildman–Crippen MR) is 54.8 cm³/mol. The van der Waals surface area contributed by atoms with Gasteiger partial charge in [0.25, 0.3) is 0 Å². The van der Waals surface area contributed by atoms with E-state index < -0.39 is 0 Å². The largest absolute Gasteiger partial charge is 0.299 e. The lowest BCUT2D eigenvalue weighted by atomic mass is 9.86. The highest BCUT2D eigenvalue weighted by molar-refractivity contribution is 6.17. The fraction of sp³-hybridized carbons (Fsp3) is 0.900. The van der Waals surface area contributed by atoms with Gasteiger partial charge in [0.15, 0.2) is 0 Å². The normalized spacial score (nSPS) is 28.3. The van der Waals surface area contributed by atoms with Crippen molar-refractivity contribution in [3.05, 3.63) is 0 Å². The Bertz CT molecular complexity index is 180. The van der Waals surface area contributed by atoms with Gasteiger partial charge in [-0.15, -0.1) is 11.6 Å². The molecule has 1 aliphatic heterocycles. The topological polar surface area (TPSA) is 35.8 Å². The average molecular weight is 201 g/mol. The SMILES string of the molecule is N#CC1(CCCCCl)CCCCN1. The molecule has 2 nitrogen and oxygen atoms in total.